The summed E-state index contributed by atoms with van der Waals surface area (Å²) in [6.07, 6.45) is 3.64. The average Bonchev–Trinajstić information content (AvgIpc) is 2.66. The van der Waals surface area contributed by atoms with Crippen LogP contribution in [0.2, 0.25) is 0 Å². The lowest BCUT2D eigenvalue weighted by Crippen LogP contribution is -2.27. The second kappa shape index (κ2) is 5.00. The molecule has 1 aromatic rings. The number of nitrogens with one attached hydrogen (secondary N) is 1. The molecule has 0 spiro atoms. The maximum absolute atomic E-state index is 4.67. The molecular formula is C13H23N3. The summed E-state index contributed by atoms with van der Waals surface area (Å²) in [5.41, 5.74) is 4.27. The van der Waals surface area contributed by atoms with Crippen molar-refractivity contribution in [3.05, 3.63) is 17.0 Å². The van der Waals surface area contributed by atoms with E-state index in [0.29, 0.717) is 0 Å². The third-order valence-corrected chi connectivity index (χ3v) is 3.66. The fraction of sp³-hybridized carbons (Fsp3) is 0.769. The Labute approximate surface area is 98.2 Å². The van der Waals surface area contributed by atoms with Crippen molar-refractivity contribution in [2.45, 2.75) is 52.5 Å². The van der Waals surface area contributed by atoms with Crippen molar-refractivity contribution < 1.29 is 0 Å². The van der Waals surface area contributed by atoms with Crippen molar-refractivity contribution in [2.24, 2.45) is 0 Å². The van der Waals surface area contributed by atoms with Gasteiger partial charge in [0.2, 0.25) is 0 Å². The zero-order valence-electron chi connectivity index (χ0n) is 10.7. The molecule has 0 atom stereocenters. The van der Waals surface area contributed by atoms with E-state index in [2.05, 4.69) is 35.9 Å². The summed E-state index contributed by atoms with van der Waals surface area (Å²) in [5, 5.41) is 8.11. The molecule has 0 radical (unpaired) electrons. The van der Waals surface area contributed by atoms with Gasteiger partial charge < -0.3 is 5.32 Å². The van der Waals surface area contributed by atoms with Crippen molar-refractivity contribution in [3.63, 3.8) is 0 Å². The minimum Gasteiger partial charge on any atom is -0.317 e. The predicted octanol–water partition coefficient (Wildman–Crippen LogP) is 2.24. The molecule has 0 bridgehead atoms. The first-order valence-electron chi connectivity index (χ1n) is 6.54. The molecule has 1 saturated heterocycles. The molecule has 90 valence electrons. The van der Waals surface area contributed by atoms with Crippen LogP contribution in [0.15, 0.2) is 0 Å². The van der Waals surface area contributed by atoms with E-state index in [0.717, 1.165) is 32.0 Å². The molecular weight excluding hydrogens is 198 g/mol. The van der Waals surface area contributed by atoms with Gasteiger partial charge in [-0.05, 0) is 57.7 Å². The van der Waals surface area contributed by atoms with E-state index in [4.69, 9.17) is 0 Å². The Balaban J connectivity index is 2.33. The molecule has 16 heavy (non-hydrogen) atoms. The van der Waals surface area contributed by atoms with Crippen LogP contribution in [-0.4, -0.2) is 22.9 Å². The van der Waals surface area contributed by atoms with Crippen LogP contribution in [0.1, 0.15) is 49.6 Å². The third-order valence-electron chi connectivity index (χ3n) is 3.66. The number of aromatic nitrogens is 2. The van der Waals surface area contributed by atoms with Crippen molar-refractivity contribution in [2.75, 3.05) is 13.1 Å². The topological polar surface area (TPSA) is 29.9 Å². The lowest BCUT2D eigenvalue weighted by Gasteiger charge is -2.23. The summed E-state index contributed by atoms with van der Waals surface area (Å²) in [7, 11) is 0. The first-order chi connectivity index (χ1) is 7.77. The Hall–Kier alpha value is -0.830. The molecule has 1 aliphatic rings. The van der Waals surface area contributed by atoms with Gasteiger partial charge in [-0.25, -0.2) is 0 Å². The highest BCUT2D eigenvalue weighted by Crippen LogP contribution is 2.30. The second-order valence-electron chi connectivity index (χ2n) is 4.64. The van der Waals surface area contributed by atoms with Gasteiger partial charge in [0.1, 0.15) is 0 Å². The lowest BCUT2D eigenvalue weighted by molar-refractivity contribution is 0.456. The average molecular weight is 221 g/mol. The maximum atomic E-state index is 4.67. The minimum absolute atomic E-state index is 0.733. The molecule has 0 aromatic carbocycles. The summed E-state index contributed by atoms with van der Waals surface area (Å²) < 4.78 is 2.19. The standard InChI is InChI=1S/C13H23N3/c1-4-12-13(10(3)15-16(12)5-2)11-6-8-14-9-7-11/h11,14H,4-9H2,1-3H3. The van der Waals surface area contributed by atoms with Crippen LogP contribution in [0.4, 0.5) is 0 Å². The van der Waals surface area contributed by atoms with Crippen LogP contribution in [0.25, 0.3) is 0 Å². The van der Waals surface area contributed by atoms with Crippen molar-refractivity contribution in [3.8, 4) is 0 Å². The van der Waals surface area contributed by atoms with Gasteiger partial charge in [-0.15, -0.1) is 0 Å². The van der Waals surface area contributed by atoms with Gasteiger partial charge in [-0.2, -0.15) is 5.10 Å². The monoisotopic (exact) mass is 221 g/mol. The Morgan fingerprint density at radius 1 is 1.31 bits per heavy atom. The number of piperidine rings is 1. The Morgan fingerprint density at radius 2 is 2.00 bits per heavy atom. The molecule has 1 N–H and O–H groups in total. The van der Waals surface area contributed by atoms with Crippen LogP contribution in [0.3, 0.4) is 0 Å². The van der Waals surface area contributed by atoms with Crippen LogP contribution >= 0.6 is 0 Å². The Bertz CT molecular complexity index is 348. The fourth-order valence-corrected chi connectivity index (χ4v) is 2.92. The van der Waals surface area contributed by atoms with E-state index >= 15 is 0 Å². The second-order valence-corrected chi connectivity index (χ2v) is 4.64. The lowest BCUT2D eigenvalue weighted by atomic mass is 9.88. The highest BCUT2D eigenvalue weighted by molar-refractivity contribution is 5.30. The minimum atomic E-state index is 0.733. The predicted molar refractivity (Wildman–Crippen MR) is 66.9 cm³/mol. The highest BCUT2D eigenvalue weighted by Gasteiger charge is 2.23. The Morgan fingerprint density at radius 3 is 2.56 bits per heavy atom. The number of nitrogens with zero attached hydrogens (tertiary/aromatic N) is 2. The van der Waals surface area contributed by atoms with E-state index in [1.54, 1.807) is 5.56 Å². The van der Waals surface area contributed by atoms with E-state index < -0.39 is 0 Å². The van der Waals surface area contributed by atoms with Crippen LogP contribution in [-0.2, 0) is 13.0 Å². The first-order valence-corrected chi connectivity index (χ1v) is 6.54. The molecule has 1 aromatic heterocycles. The van der Waals surface area contributed by atoms with E-state index in [-0.39, 0.29) is 0 Å². The maximum Gasteiger partial charge on any atom is 0.0631 e. The molecule has 1 fully saturated rings. The van der Waals surface area contributed by atoms with Crippen LogP contribution in [0.5, 0.6) is 0 Å². The third kappa shape index (κ3) is 2.01. The van der Waals surface area contributed by atoms with E-state index in [9.17, 15) is 0 Å². The number of hydrogen-bond acceptors (Lipinski definition) is 2. The highest BCUT2D eigenvalue weighted by atomic mass is 15.3. The fourth-order valence-electron chi connectivity index (χ4n) is 2.92. The normalized spacial score (nSPS) is 17.9. The summed E-state index contributed by atoms with van der Waals surface area (Å²) >= 11 is 0. The molecule has 1 aliphatic heterocycles. The smallest absolute Gasteiger partial charge is 0.0631 e. The van der Waals surface area contributed by atoms with Gasteiger partial charge in [0.15, 0.2) is 0 Å². The number of hydrogen-bond donors (Lipinski definition) is 1. The first kappa shape index (κ1) is 11.6. The summed E-state index contributed by atoms with van der Waals surface area (Å²) in [6.45, 7) is 9.90. The van der Waals surface area contributed by atoms with Crippen molar-refractivity contribution in [1.82, 2.24) is 15.1 Å². The van der Waals surface area contributed by atoms with Gasteiger partial charge in [0.05, 0.1) is 5.69 Å². The summed E-state index contributed by atoms with van der Waals surface area (Å²) in [6, 6.07) is 0. The summed E-state index contributed by atoms with van der Waals surface area (Å²) in [4.78, 5) is 0. The van der Waals surface area contributed by atoms with Gasteiger partial charge >= 0.3 is 0 Å². The largest absolute Gasteiger partial charge is 0.317 e. The van der Waals surface area contributed by atoms with Crippen LogP contribution in [0, 0.1) is 6.92 Å². The molecule has 2 heterocycles. The van der Waals surface area contributed by atoms with Gasteiger partial charge in [0, 0.05) is 12.2 Å². The van der Waals surface area contributed by atoms with Gasteiger partial charge in [0.25, 0.3) is 0 Å². The number of rotatable bonds is 3. The SMILES string of the molecule is CCc1c(C2CCNCC2)c(C)nn1CC. The molecule has 0 aliphatic carbocycles. The molecule has 0 unspecified atom stereocenters. The van der Waals surface area contributed by atoms with Gasteiger partial charge in [-0.3, -0.25) is 4.68 Å². The van der Waals surface area contributed by atoms with Gasteiger partial charge in [-0.1, -0.05) is 6.92 Å². The molecule has 0 amide bonds. The number of aryl methyl sites for hydroxylation is 2. The van der Waals surface area contributed by atoms with E-state index in [1.807, 2.05) is 0 Å². The molecule has 3 heteroatoms. The summed E-state index contributed by atoms with van der Waals surface area (Å²) in [5.74, 6) is 0.733. The Kier molecular flexibility index (Phi) is 3.64. The molecule has 3 nitrogen and oxygen atoms in total. The zero-order valence-corrected chi connectivity index (χ0v) is 10.7. The van der Waals surface area contributed by atoms with Crippen LogP contribution < -0.4 is 5.32 Å². The quantitative estimate of drug-likeness (QED) is 0.848. The molecule has 0 saturated carbocycles. The van der Waals surface area contributed by atoms with Crippen molar-refractivity contribution in [1.29, 1.82) is 0 Å². The van der Waals surface area contributed by atoms with E-state index in [1.165, 1.54) is 24.2 Å². The molecule has 2 rings (SSSR count). The van der Waals surface area contributed by atoms with Crippen molar-refractivity contribution >= 4 is 0 Å². The zero-order chi connectivity index (χ0) is 11.5.